The van der Waals surface area contributed by atoms with Crippen LogP contribution in [0.2, 0.25) is 10.0 Å². The number of benzene rings is 1. The minimum absolute atomic E-state index is 0.497. The Morgan fingerprint density at radius 3 is 2.50 bits per heavy atom. The van der Waals surface area contributed by atoms with Gasteiger partial charge in [0, 0.05) is 16.8 Å². The normalized spacial score (nSPS) is 10.8. The van der Waals surface area contributed by atoms with E-state index < -0.39 is 0 Å². The molecule has 0 aliphatic heterocycles. The minimum atomic E-state index is 0.497. The van der Waals surface area contributed by atoms with E-state index in [-0.39, 0.29) is 0 Å². The van der Waals surface area contributed by atoms with Gasteiger partial charge in [-0.3, -0.25) is 4.98 Å². The average Bonchev–Trinajstić information content (AvgIpc) is 2.08. The Morgan fingerprint density at radius 2 is 1.79 bits per heavy atom. The molecule has 2 aromatic rings. The van der Waals surface area contributed by atoms with Crippen molar-refractivity contribution in [3.63, 3.8) is 0 Å². The first kappa shape index (κ1) is 9.56. The smallest absolute Gasteiger partial charge is 0.0741 e. The number of aromatic nitrogens is 1. The van der Waals surface area contributed by atoms with Crippen molar-refractivity contribution in [3.05, 3.63) is 33.9 Å². The molecule has 14 heavy (non-hydrogen) atoms. The molecule has 2 rings (SSSR count). The number of nitrogen functional groups attached to an aromatic ring is 1. The van der Waals surface area contributed by atoms with Crippen LogP contribution >= 0.6 is 23.2 Å². The van der Waals surface area contributed by atoms with Crippen molar-refractivity contribution in [2.24, 2.45) is 0 Å². The summed E-state index contributed by atoms with van der Waals surface area (Å²) in [6, 6.07) is 5.27. The molecule has 0 bridgehead atoms. The lowest BCUT2D eigenvalue weighted by molar-refractivity contribution is 1.26. The van der Waals surface area contributed by atoms with Crippen molar-refractivity contribution in [1.82, 2.24) is 4.98 Å². The molecule has 1 aromatic carbocycles. The van der Waals surface area contributed by atoms with Crippen molar-refractivity contribution in [2.45, 2.75) is 6.92 Å². The highest BCUT2D eigenvalue weighted by atomic mass is 35.5. The van der Waals surface area contributed by atoms with Crippen LogP contribution in [0.15, 0.2) is 18.2 Å². The predicted octanol–water partition coefficient (Wildman–Crippen LogP) is 3.43. The molecule has 0 unspecified atom stereocenters. The first-order chi connectivity index (χ1) is 6.58. The largest absolute Gasteiger partial charge is 0.398 e. The Bertz CT molecular complexity index is 509. The third-order valence-electron chi connectivity index (χ3n) is 2.01. The number of aryl methyl sites for hydroxylation is 1. The second-order valence-corrected chi connectivity index (χ2v) is 3.95. The molecular weight excluding hydrogens is 219 g/mol. The molecule has 1 heterocycles. The molecule has 0 fully saturated rings. The van der Waals surface area contributed by atoms with E-state index in [9.17, 15) is 0 Å². The van der Waals surface area contributed by atoms with Crippen LogP contribution in [0.1, 0.15) is 5.69 Å². The Labute approximate surface area is 91.6 Å². The quantitative estimate of drug-likeness (QED) is 0.748. The van der Waals surface area contributed by atoms with E-state index >= 15 is 0 Å². The van der Waals surface area contributed by atoms with Crippen LogP contribution in [0.5, 0.6) is 0 Å². The number of hydrogen-bond acceptors (Lipinski definition) is 2. The van der Waals surface area contributed by atoms with Gasteiger partial charge in [0.15, 0.2) is 0 Å². The third kappa shape index (κ3) is 1.51. The van der Waals surface area contributed by atoms with Crippen molar-refractivity contribution < 1.29 is 0 Å². The van der Waals surface area contributed by atoms with Gasteiger partial charge >= 0.3 is 0 Å². The van der Waals surface area contributed by atoms with E-state index in [1.807, 2.05) is 13.0 Å². The van der Waals surface area contributed by atoms with Gasteiger partial charge in [-0.1, -0.05) is 23.2 Å². The Morgan fingerprint density at radius 1 is 1.14 bits per heavy atom. The SMILES string of the molecule is Cc1cc(N)c2cc(Cl)c(Cl)cc2n1. The van der Waals surface area contributed by atoms with Crippen molar-refractivity contribution in [3.8, 4) is 0 Å². The van der Waals surface area contributed by atoms with Gasteiger partial charge in [0.25, 0.3) is 0 Å². The van der Waals surface area contributed by atoms with E-state index in [0.717, 1.165) is 16.6 Å². The number of rotatable bonds is 0. The molecule has 0 spiro atoms. The van der Waals surface area contributed by atoms with Crippen LogP contribution in [0, 0.1) is 6.92 Å². The molecule has 0 amide bonds. The zero-order chi connectivity index (χ0) is 10.3. The van der Waals surface area contributed by atoms with Gasteiger partial charge in [-0.2, -0.15) is 0 Å². The molecule has 1 aromatic heterocycles. The summed E-state index contributed by atoms with van der Waals surface area (Å²) in [4.78, 5) is 4.32. The van der Waals surface area contributed by atoms with Gasteiger partial charge in [-0.25, -0.2) is 0 Å². The molecule has 2 nitrogen and oxygen atoms in total. The number of nitrogens with zero attached hydrogens (tertiary/aromatic N) is 1. The lowest BCUT2D eigenvalue weighted by atomic mass is 10.1. The van der Waals surface area contributed by atoms with Crippen molar-refractivity contribution in [1.29, 1.82) is 0 Å². The summed E-state index contributed by atoms with van der Waals surface area (Å²) in [6.07, 6.45) is 0. The number of pyridine rings is 1. The van der Waals surface area contributed by atoms with Gasteiger partial charge in [-0.15, -0.1) is 0 Å². The number of fused-ring (bicyclic) bond motifs is 1. The topological polar surface area (TPSA) is 38.9 Å². The van der Waals surface area contributed by atoms with Crippen LogP contribution in [0.3, 0.4) is 0 Å². The molecule has 2 N–H and O–H groups in total. The number of hydrogen-bond donors (Lipinski definition) is 1. The van der Waals surface area contributed by atoms with Crippen LogP contribution < -0.4 is 5.73 Å². The van der Waals surface area contributed by atoms with Gasteiger partial charge in [0.2, 0.25) is 0 Å². The second-order valence-electron chi connectivity index (χ2n) is 3.14. The highest BCUT2D eigenvalue weighted by Gasteiger charge is 2.05. The molecule has 0 saturated carbocycles. The highest BCUT2D eigenvalue weighted by Crippen LogP contribution is 2.29. The minimum Gasteiger partial charge on any atom is -0.398 e. The summed E-state index contributed by atoms with van der Waals surface area (Å²) in [6.45, 7) is 1.89. The Balaban J connectivity index is 2.89. The van der Waals surface area contributed by atoms with Crippen LogP contribution in [-0.4, -0.2) is 4.98 Å². The fourth-order valence-corrected chi connectivity index (χ4v) is 1.71. The Hall–Kier alpha value is -0.990. The van der Waals surface area contributed by atoms with Gasteiger partial charge in [0.1, 0.15) is 0 Å². The summed E-state index contributed by atoms with van der Waals surface area (Å²) in [7, 11) is 0. The van der Waals surface area contributed by atoms with Crippen LogP contribution in [0.4, 0.5) is 5.69 Å². The first-order valence-corrected chi connectivity index (χ1v) is 4.85. The predicted molar refractivity (Wildman–Crippen MR) is 60.9 cm³/mol. The monoisotopic (exact) mass is 226 g/mol. The lowest BCUT2D eigenvalue weighted by Gasteiger charge is -2.04. The fourth-order valence-electron chi connectivity index (χ4n) is 1.39. The van der Waals surface area contributed by atoms with Crippen LogP contribution in [-0.2, 0) is 0 Å². The zero-order valence-corrected chi connectivity index (χ0v) is 9.02. The second kappa shape index (κ2) is 3.30. The van der Waals surface area contributed by atoms with E-state index in [0.29, 0.717) is 15.7 Å². The van der Waals surface area contributed by atoms with Gasteiger partial charge in [-0.05, 0) is 25.1 Å². The fraction of sp³-hybridized carbons (Fsp3) is 0.100. The molecule has 0 aliphatic rings. The van der Waals surface area contributed by atoms with Gasteiger partial charge in [0.05, 0.1) is 15.6 Å². The average molecular weight is 227 g/mol. The zero-order valence-electron chi connectivity index (χ0n) is 7.51. The molecule has 0 radical (unpaired) electrons. The summed E-state index contributed by atoms with van der Waals surface area (Å²) < 4.78 is 0. The van der Waals surface area contributed by atoms with Crippen molar-refractivity contribution in [2.75, 3.05) is 5.73 Å². The van der Waals surface area contributed by atoms with E-state index in [4.69, 9.17) is 28.9 Å². The maximum absolute atomic E-state index is 5.88. The summed E-state index contributed by atoms with van der Waals surface area (Å²) >= 11 is 11.8. The molecule has 0 saturated heterocycles. The Kier molecular flexibility index (Phi) is 2.25. The van der Waals surface area contributed by atoms with Gasteiger partial charge < -0.3 is 5.73 Å². The maximum Gasteiger partial charge on any atom is 0.0741 e. The van der Waals surface area contributed by atoms with Crippen molar-refractivity contribution >= 4 is 39.8 Å². The summed E-state index contributed by atoms with van der Waals surface area (Å²) in [5, 5.41) is 1.83. The number of anilines is 1. The van der Waals surface area contributed by atoms with Crippen LogP contribution in [0.25, 0.3) is 10.9 Å². The molecule has 4 heteroatoms. The maximum atomic E-state index is 5.88. The van der Waals surface area contributed by atoms with E-state index in [1.165, 1.54) is 0 Å². The molecule has 72 valence electrons. The molecular formula is C10H8Cl2N2. The first-order valence-electron chi connectivity index (χ1n) is 4.10. The summed E-state index contributed by atoms with van der Waals surface area (Å²) in [5.41, 5.74) is 8.15. The standard InChI is InChI=1S/C10H8Cl2N2/c1-5-2-9(13)6-3-7(11)8(12)4-10(6)14-5/h2-4H,1H3,(H2,13,14). The highest BCUT2D eigenvalue weighted by molar-refractivity contribution is 6.42. The number of nitrogens with two attached hydrogens (primary N) is 1. The molecule has 0 atom stereocenters. The van der Waals surface area contributed by atoms with E-state index in [2.05, 4.69) is 4.98 Å². The molecule has 0 aliphatic carbocycles. The summed E-state index contributed by atoms with van der Waals surface area (Å²) in [5.74, 6) is 0. The third-order valence-corrected chi connectivity index (χ3v) is 2.73. The number of halogens is 2. The van der Waals surface area contributed by atoms with E-state index in [1.54, 1.807) is 12.1 Å². The lowest BCUT2D eigenvalue weighted by Crippen LogP contribution is -1.92.